The molecule has 0 bridgehead atoms. The van der Waals surface area contributed by atoms with Crippen LogP contribution >= 0.6 is 0 Å². The van der Waals surface area contributed by atoms with Crippen molar-refractivity contribution in [2.24, 2.45) is 0 Å². The normalized spacial score (nSPS) is 13.7. The van der Waals surface area contributed by atoms with Gasteiger partial charge in [-0.2, -0.15) is 0 Å². The molecule has 0 aromatic carbocycles. The van der Waals surface area contributed by atoms with Gasteiger partial charge in [-0.1, -0.05) is 6.92 Å². The highest BCUT2D eigenvalue weighted by Gasteiger charge is 2.71. The molecule has 23 heavy (non-hydrogen) atoms. The summed E-state index contributed by atoms with van der Waals surface area (Å²) in [6, 6.07) is 0. The molecule has 6 nitrogen and oxygen atoms in total. The predicted molar refractivity (Wildman–Crippen MR) is 99.6 cm³/mol. The van der Waals surface area contributed by atoms with Gasteiger partial charge in [0.2, 0.25) is 0 Å². The van der Waals surface area contributed by atoms with Crippen LogP contribution in [0.5, 0.6) is 0 Å². The summed E-state index contributed by atoms with van der Waals surface area (Å²) in [5, 5.41) is 0. The zero-order valence-electron chi connectivity index (χ0n) is 16.2. The van der Waals surface area contributed by atoms with Crippen molar-refractivity contribution in [3.8, 4) is 0 Å². The summed E-state index contributed by atoms with van der Waals surface area (Å²) >= 11 is 0. The van der Waals surface area contributed by atoms with E-state index in [1.165, 1.54) is 0 Å². The van der Waals surface area contributed by atoms with Crippen LogP contribution in [-0.4, -0.2) is 67.5 Å². The first kappa shape index (κ1) is 23.4. The van der Waals surface area contributed by atoms with Crippen LogP contribution in [0.25, 0.3) is 0 Å². The van der Waals surface area contributed by atoms with Gasteiger partial charge in [0.05, 0.1) is 4.28 Å². The Hall–Kier alpha value is 0.411. The van der Waals surface area contributed by atoms with Crippen LogP contribution in [0.2, 0.25) is 4.28 Å². The largest absolute Gasteiger partial charge is 0.507 e. The molecule has 0 radical (unpaired) electrons. The van der Waals surface area contributed by atoms with Gasteiger partial charge in [0.25, 0.3) is 0 Å². The lowest BCUT2D eigenvalue weighted by atomic mass is 10.9. The first-order valence-corrected chi connectivity index (χ1v) is 13.1. The van der Waals surface area contributed by atoms with E-state index in [1.54, 1.807) is 0 Å². The zero-order chi connectivity index (χ0) is 18.0. The fraction of sp³-hybridized carbons (Fsp3) is 1.00. The zero-order valence-corrected chi connectivity index (χ0v) is 20.2. The van der Waals surface area contributed by atoms with Crippen molar-refractivity contribution in [1.82, 2.24) is 0 Å². The Morgan fingerprint density at radius 3 is 0.870 bits per heavy atom. The second-order valence-corrected chi connectivity index (χ2v) is 16.3. The lowest BCUT2D eigenvalue weighted by molar-refractivity contribution is 0.0280. The van der Waals surface area contributed by atoms with Crippen LogP contribution in [0, 0.1) is 0 Å². The van der Waals surface area contributed by atoms with Gasteiger partial charge in [-0.05, 0) is 41.5 Å². The van der Waals surface area contributed by atoms with E-state index in [0.29, 0.717) is 39.6 Å². The summed E-state index contributed by atoms with van der Waals surface area (Å²) in [4.78, 5) is 0. The molecule has 0 aromatic heterocycles. The van der Waals surface area contributed by atoms with Crippen LogP contribution in [-0.2, 0) is 26.6 Å². The molecule has 0 fully saturated rings. The summed E-state index contributed by atoms with van der Waals surface area (Å²) in [5.41, 5.74) is 0. The Kier molecular flexibility index (Phi) is 11.3. The van der Waals surface area contributed by atoms with Gasteiger partial charge in [0.1, 0.15) is 0 Å². The molecule has 0 spiro atoms. The SMILES string of the molecule is CCO[Si](OCC)(OCC)C(C)([SiH3])[Si](OCC)(OCC)OCC. The maximum atomic E-state index is 6.14. The molecule has 0 unspecified atom stereocenters. The molecule has 140 valence electrons. The summed E-state index contributed by atoms with van der Waals surface area (Å²) < 4.78 is 36.4. The Morgan fingerprint density at radius 1 is 0.565 bits per heavy atom. The Labute approximate surface area is 147 Å². The van der Waals surface area contributed by atoms with E-state index < -0.39 is 21.9 Å². The molecular weight excluding hydrogens is 348 g/mol. The Bertz CT molecular complexity index is 255. The molecule has 0 aliphatic carbocycles. The molecule has 0 saturated heterocycles. The molecule has 9 heteroatoms. The Morgan fingerprint density at radius 2 is 0.739 bits per heavy atom. The minimum absolute atomic E-state index is 0.482. The van der Waals surface area contributed by atoms with E-state index in [0.717, 1.165) is 10.2 Å². The highest BCUT2D eigenvalue weighted by Crippen LogP contribution is 2.46. The van der Waals surface area contributed by atoms with E-state index in [-0.39, 0.29) is 0 Å². The van der Waals surface area contributed by atoms with Crippen molar-refractivity contribution in [2.45, 2.75) is 52.8 Å². The summed E-state index contributed by atoms with van der Waals surface area (Å²) in [5.74, 6) is 0. The van der Waals surface area contributed by atoms with Crippen LogP contribution in [0.3, 0.4) is 0 Å². The molecule has 0 N–H and O–H groups in total. The number of rotatable bonds is 14. The van der Waals surface area contributed by atoms with Gasteiger partial charge in [-0.3, -0.25) is 0 Å². The fourth-order valence-corrected chi connectivity index (χ4v) is 13.0. The molecule has 0 heterocycles. The summed E-state index contributed by atoms with van der Waals surface area (Å²) in [6.45, 7) is 17.0. The molecule has 0 aliphatic rings. The average Bonchev–Trinajstić information content (AvgIpc) is 2.48. The second kappa shape index (κ2) is 11.1. The third kappa shape index (κ3) is 5.19. The molecule has 0 saturated carbocycles. The monoisotopic (exact) mass is 384 g/mol. The van der Waals surface area contributed by atoms with Crippen LogP contribution in [0.1, 0.15) is 48.5 Å². The lowest BCUT2D eigenvalue weighted by Crippen LogP contribution is -2.70. The predicted octanol–water partition coefficient (Wildman–Crippen LogP) is 1.71. The lowest BCUT2D eigenvalue weighted by Gasteiger charge is -2.47. The maximum Gasteiger partial charge on any atom is 0.507 e. The fourth-order valence-electron chi connectivity index (χ4n) is 2.66. The van der Waals surface area contributed by atoms with Crippen molar-refractivity contribution in [2.75, 3.05) is 39.6 Å². The maximum absolute atomic E-state index is 6.14. The topological polar surface area (TPSA) is 55.4 Å². The number of hydrogen-bond donors (Lipinski definition) is 0. The summed E-state index contributed by atoms with van der Waals surface area (Å²) in [6.07, 6.45) is 0. The van der Waals surface area contributed by atoms with Crippen molar-refractivity contribution in [3.05, 3.63) is 0 Å². The molecular formula is C14H36O6Si3. The van der Waals surface area contributed by atoms with Crippen LogP contribution in [0.15, 0.2) is 0 Å². The standard InChI is InChI=1S/C14H36O6Si3/c1-8-15-22(16-9-2,17-10-3)14(7,21)23(18-11-4,19-12-5)20-13-6/h8-13H2,1-7,21H3. The molecule has 0 aromatic rings. The summed E-state index contributed by atoms with van der Waals surface area (Å²) in [7, 11) is -5.32. The average molecular weight is 385 g/mol. The van der Waals surface area contributed by atoms with Gasteiger partial charge >= 0.3 is 17.6 Å². The first-order valence-electron chi connectivity index (χ1n) is 8.70. The highest BCUT2D eigenvalue weighted by atomic mass is 28.5. The van der Waals surface area contributed by atoms with Crippen molar-refractivity contribution < 1.29 is 26.6 Å². The van der Waals surface area contributed by atoms with E-state index in [2.05, 4.69) is 6.92 Å². The third-order valence-electron chi connectivity index (χ3n) is 3.54. The highest BCUT2D eigenvalue weighted by molar-refractivity contribution is 6.93. The molecule has 0 amide bonds. The van der Waals surface area contributed by atoms with E-state index in [1.807, 2.05) is 41.5 Å². The smallest absolute Gasteiger partial charge is 0.374 e. The minimum atomic E-state index is -3.02. The van der Waals surface area contributed by atoms with E-state index >= 15 is 0 Å². The van der Waals surface area contributed by atoms with Crippen molar-refractivity contribution in [3.63, 3.8) is 0 Å². The van der Waals surface area contributed by atoms with Gasteiger partial charge in [-0.25, -0.2) is 0 Å². The van der Waals surface area contributed by atoms with Gasteiger partial charge in [0.15, 0.2) is 0 Å². The first-order chi connectivity index (χ1) is 10.9. The molecule has 0 aliphatic heterocycles. The van der Waals surface area contributed by atoms with Crippen molar-refractivity contribution >= 4 is 27.9 Å². The van der Waals surface area contributed by atoms with E-state index in [9.17, 15) is 0 Å². The quantitative estimate of drug-likeness (QED) is 0.425. The third-order valence-corrected chi connectivity index (χ3v) is 16.1. The number of hydrogen-bond acceptors (Lipinski definition) is 6. The second-order valence-electron chi connectivity index (χ2n) is 5.34. The van der Waals surface area contributed by atoms with Gasteiger partial charge < -0.3 is 26.6 Å². The molecule has 0 rings (SSSR count). The van der Waals surface area contributed by atoms with Crippen LogP contribution < -0.4 is 0 Å². The van der Waals surface area contributed by atoms with E-state index in [4.69, 9.17) is 26.6 Å². The van der Waals surface area contributed by atoms with Crippen molar-refractivity contribution in [1.29, 1.82) is 0 Å². The van der Waals surface area contributed by atoms with Gasteiger partial charge in [-0.15, -0.1) is 0 Å². The van der Waals surface area contributed by atoms with Crippen LogP contribution in [0.4, 0.5) is 0 Å². The minimum Gasteiger partial charge on any atom is -0.374 e. The van der Waals surface area contributed by atoms with Gasteiger partial charge in [0, 0.05) is 49.9 Å². The Balaban J connectivity index is 6.05. The molecule has 0 atom stereocenters.